The fourth-order valence-electron chi connectivity index (χ4n) is 3.10. The normalized spacial score (nSPS) is 11.9. The van der Waals surface area contributed by atoms with Crippen LogP contribution in [-0.4, -0.2) is 21.4 Å². The molecule has 0 aromatic rings. The van der Waals surface area contributed by atoms with Crippen LogP contribution in [0.5, 0.6) is 0 Å². The number of hydrogen-bond acceptors (Lipinski definition) is 2. The molecule has 0 saturated heterocycles. The highest BCUT2D eigenvalue weighted by Crippen LogP contribution is 2.32. The van der Waals surface area contributed by atoms with Crippen molar-refractivity contribution in [3.05, 3.63) is 0 Å². The second-order valence-electron chi connectivity index (χ2n) is 6.10. The average molecular weight is 333 g/mol. The van der Waals surface area contributed by atoms with Gasteiger partial charge < -0.3 is 5.43 Å². The Kier molecular flexibility index (Phi) is 12.8. The molecule has 4 heteroatoms. The average Bonchev–Trinajstić information content (AvgIpc) is 2.46. The van der Waals surface area contributed by atoms with Crippen molar-refractivity contribution in [3.8, 4) is 0 Å². The zero-order valence-corrected chi connectivity index (χ0v) is 16.3. The van der Waals surface area contributed by atoms with Gasteiger partial charge in [0.25, 0.3) is 0 Å². The van der Waals surface area contributed by atoms with Crippen molar-refractivity contribution < 1.29 is 0 Å². The molecule has 0 aliphatic carbocycles. The molecular weight excluding hydrogens is 296 g/mol. The van der Waals surface area contributed by atoms with E-state index >= 15 is 0 Å². The van der Waals surface area contributed by atoms with Gasteiger partial charge in [0.2, 0.25) is 0 Å². The molecule has 0 aromatic heterocycles. The molecular formula is C17H36N2S2. The molecule has 0 fully saturated rings. The van der Waals surface area contributed by atoms with Crippen molar-refractivity contribution in [2.45, 2.75) is 97.4 Å². The fourth-order valence-corrected chi connectivity index (χ4v) is 3.33. The first kappa shape index (κ1) is 21.2. The summed E-state index contributed by atoms with van der Waals surface area (Å²) in [6, 6.07) is 0. The molecule has 126 valence electrons. The number of nitrogens with zero attached hydrogens (tertiary/aromatic N) is 1. The van der Waals surface area contributed by atoms with Crippen LogP contribution in [0.4, 0.5) is 0 Å². The first-order valence-corrected chi connectivity index (χ1v) is 9.69. The highest BCUT2D eigenvalue weighted by Gasteiger charge is 2.34. The summed E-state index contributed by atoms with van der Waals surface area (Å²) in [5.74, 6) is 0. The molecule has 0 spiro atoms. The number of unbranched alkanes of at least 4 members (excludes halogenated alkanes) is 3. The van der Waals surface area contributed by atoms with Gasteiger partial charge in [-0.3, -0.25) is 0 Å². The second-order valence-corrected chi connectivity index (χ2v) is 7.26. The zero-order chi connectivity index (χ0) is 16.1. The van der Waals surface area contributed by atoms with Gasteiger partial charge in [-0.25, -0.2) is 5.01 Å². The van der Waals surface area contributed by atoms with E-state index in [2.05, 4.69) is 50.8 Å². The molecule has 1 N–H and O–H groups in total. The Balaban J connectivity index is 5.19. The summed E-state index contributed by atoms with van der Waals surface area (Å²) in [5, 5.41) is 2.43. The van der Waals surface area contributed by atoms with Gasteiger partial charge in [0.05, 0.1) is 0 Å². The van der Waals surface area contributed by atoms with E-state index in [-0.39, 0.29) is 5.54 Å². The third-order valence-corrected chi connectivity index (χ3v) is 4.44. The van der Waals surface area contributed by atoms with E-state index in [0.29, 0.717) is 4.32 Å². The van der Waals surface area contributed by atoms with Gasteiger partial charge in [-0.1, -0.05) is 78.4 Å². The van der Waals surface area contributed by atoms with Gasteiger partial charge in [-0.2, -0.15) is 0 Å². The van der Waals surface area contributed by atoms with Crippen LogP contribution < -0.4 is 5.43 Å². The topological polar surface area (TPSA) is 15.3 Å². The van der Waals surface area contributed by atoms with E-state index < -0.39 is 0 Å². The minimum atomic E-state index is 0.239. The summed E-state index contributed by atoms with van der Waals surface area (Å²) in [6.07, 6.45) is 12.5. The van der Waals surface area contributed by atoms with E-state index in [1.165, 1.54) is 64.2 Å². The molecule has 0 aliphatic rings. The van der Waals surface area contributed by atoms with E-state index in [0.717, 1.165) is 6.54 Å². The molecule has 0 unspecified atom stereocenters. The summed E-state index contributed by atoms with van der Waals surface area (Å²) < 4.78 is 0.597. The molecule has 0 aromatic carbocycles. The van der Waals surface area contributed by atoms with Gasteiger partial charge in [0, 0.05) is 12.1 Å². The van der Waals surface area contributed by atoms with Crippen LogP contribution in [0.3, 0.4) is 0 Å². The van der Waals surface area contributed by atoms with Gasteiger partial charge in [0.15, 0.2) is 0 Å². The Morgan fingerprint density at radius 1 is 0.905 bits per heavy atom. The van der Waals surface area contributed by atoms with Gasteiger partial charge in [0.1, 0.15) is 4.32 Å². The quantitative estimate of drug-likeness (QED) is 0.255. The number of hydrogen-bond donors (Lipinski definition) is 2. The highest BCUT2D eigenvalue weighted by atomic mass is 32.1. The van der Waals surface area contributed by atoms with Gasteiger partial charge >= 0.3 is 0 Å². The van der Waals surface area contributed by atoms with Gasteiger partial charge in [-0.15, -0.1) is 12.6 Å². The number of nitrogens with one attached hydrogen (secondary N) is 1. The number of thiol groups is 1. The predicted octanol–water partition coefficient (Wildman–Crippen LogP) is 5.73. The number of rotatable bonds is 13. The third kappa shape index (κ3) is 8.41. The van der Waals surface area contributed by atoms with Crippen LogP contribution >= 0.6 is 24.8 Å². The summed E-state index contributed by atoms with van der Waals surface area (Å²) in [4.78, 5) is 0. The Hall–Kier alpha value is 0.200. The SMILES string of the molecule is CCCCN(NC(=S)S)C(CCC)(CCCC)CCCC. The summed E-state index contributed by atoms with van der Waals surface area (Å²) in [6.45, 7) is 10.2. The minimum Gasteiger partial charge on any atom is -0.304 e. The predicted molar refractivity (Wildman–Crippen MR) is 103 cm³/mol. The smallest absolute Gasteiger partial charge is 0.145 e. The van der Waals surface area contributed by atoms with E-state index in [9.17, 15) is 0 Å². The van der Waals surface area contributed by atoms with Crippen molar-refractivity contribution in [2.75, 3.05) is 6.54 Å². The lowest BCUT2D eigenvalue weighted by molar-refractivity contribution is 0.0301. The maximum atomic E-state index is 5.21. The van der Waals surface area contributed by atoms with Crippen LogP contribution in [0.15, 0.2) is 0 Å². The molecule has 0 atom stereocenters. The molecule has 0 radical (unpaired) electrons. The van der Waals surface area contributed by atoms with E-state index in [1.54, 1.807) is 0 Å². The molecule has 0 heterocycles. The lowest BCUT2D eigenvalue weighted by atomic mass is 9.82. The first-order valence-electron chi connectivity index (χ1n) is 8.83. The monoisotopic (exact) mass is 332 g/mol. The van der Waals surface area contributed by atoms with Crippen LogP contribution in [0.25, 0.3) is 0 Å². The zero-order valence-electron chi connectivity index (χ0n) is 14.6. The molecule has 0 bridgehead atoms. The second kappa shape index (κ2) is 12.7. The lowest BCUT2D eigenvalue weighted by Gasteiger charge is -2.45. The van der Waals surface area contributed by atoms with Crippen LogP contribution in [-0.2, 0) is 0 Å². The van der Waals surface area contributed by atoms with Crippen LogP contribution in [0.2, 0.25) is 0 Å². The summed E-state index contributed by atoms with van der Waals surface area (Å²) in [5.41, 5.74) is 3.63. The molecule has 21 heavy (non-hydrogen) atoms. The first-order chi connectivity index (χ1) is 10.1. The number of hydrazine groups is 1. The minimum absolute atomic E-state index is 0.239. The largest absolute Gasteiger partial charge is 0.304 e. The molecule has 0 amide bonds. The van der Waals surface area contributed by atoms with Crippen molar-refractivity contribution in [3.63, 3.8) is 0 Å². The maximum absolute atomic E-state index is 5.21. The molecule has 0 aliphatic heterocycles. The Morgan fingerprint density at radius 3 is 1.81 bits per heavy atom. The fraction of sp³-hybridized carbons (Fsp3) is 0.941. The summed E-state index contributed by atoms with van der Waals surface area (Å²) in [7, 11) is 0. The summed E-state index contributed by atoms with van der Waals surface area (Å²) >= 11 is 9.53. The van der Waals surface area contributed by atoms with Crippen molar-refractivity contribution >= 4 is 29.2 Å². The Labute approximate surface area is 143 Å². The number of thiocarbonyl (C=S) groups is 1. The Morgan fingerprint density at radius 2 is 1.43 bits per heavy atom. The van der Waals surface area contributed by atoms with Crippen molar-refractivity contribution in [1.29, 1.82) is 0 Å². The lowest BCUT2D eigenvalue weighted by Crippen LogP contribution is -2.56. The maximum Gasteiger partial charge on any atom is 0.145 e. The molecule has 0 saturated carbocycles. The third-order valence-electron chi connectivity index (χ3n) is 4.25. The molecule has 0 rings (SSSR count). The standard InChI is InChI=1S/C17H36N2S2/c1-5-9-13-17(12-8-4,14-10-6-2)19(15-11-7-3)18-16(20)21/h5-15H2,1-4H3,(H2,18,20,21). The van der Waals surface area contributed by atoms with E-state index in [4.69, 9.17) is 12.2 Å². The van der Waals surface area contributed by atoms with Crippen molar-refractivity contribution in [2.24, 2.45) is 0 Å². The van der Waals surface area contributed by atoms with Crippen LogP contribution in [0, 0.1) is 0 Å². The van der Waals surface area contributed by atoms with Crippen LogP contribution in [0.1, 0.15) is 91.9 Å². The molecule has 2 nitrogen and oxygen atoms in total. The van der Waals surface area contributed by atoms with E-state index in [1.807, 2.05) is 0 Å². The Bertz CT molecular complexity index is 262. The highest BCUT2D eigenvalue weighted by molar-refractivity contribution is 8.11. The van der Waals surface area contributed by atoms with Crippen molar-refractivity contribution in [1.82, 2.24) is 10.4 Å². The van der Waals surface area contributed by atoms with Gasteiger partial charge in [-0.05, 0) is 25.7 Å².